The van der Waals surface area contributed by atoms with Gasteiger partial charge in [0.15, 0.2) is 0 Å². The third-order valence-corrected chi connectivity index (χ3v) is 5.16. The largest absolute Gasteiger partial charge is 0.416 e. The van der Waals surface area contributed by atoms with Crippen molar-refractivity contribution >= 4 is 17.7 Å². The highest BCUT2D eigenvalue weighted by Crippen LogP contribution is 2.37. The molecule has 6 nitrogen and oxygen atoms in total. The Morgan fingerprint density at radius 1 is 1.31 bits per heavy atom. The molecule has 2 heterocycles. The van der Waals surface area contributed by atoms with Crippen LogP contribution in [0.15, 0.2) is 30.5 Å². The molecule has 140 valence electrons. The van der Waals surface area contributed by atoms with Gasteiger partial charge in [-0.1, -0.05) is 17.3 Å². The first-order valence-corrected chi connectivity index (χ1v) is 8.89. The van der Waals surface area contributed by atoms with Gasteiger partial charge >= 0.3 is 6.18 Å². The van der Waals surface area contributed by atoms with Crippen LogP contribution < -0.4 is 0 Å². The number of aromatic nitrogens is 3. The van der Waals surface area contributed by atoms with E-state index in [1.54, 1.807) is 22.9 Å². The van der Waals surface area contributed by atoms with Crippen molar-refractivity contribution in [2.45, 2.75) is 18.1 Å². The molecule has 1 aliphatic heterocycles. The van der Waals surface area contributed by atoms with E-state index < -0.39 is 11.7 Å². The molecule has 1 aliphatic rings. The van der Waals surface area contributed by atoms with Gasteiger partial charge in [-0.2, -0.15) is 13.2 Å². The van der Waals surface area contributed by atoms with Crippen LogP contribution in [-0.4, -0.2) is 51.8 Å². The second kappa shape index (κ2) is 7.67. The first-order chi connectivity index (χ1) is 12.4. The van der Waals surface area contributed by atoms with Crippen LogP contribution in [0.3, 0.4) is 0 Å². The average molecular weight is 386 g/mol. The molecule has 26 heavy (non-hydrogen) atoms. The van der Waals surface area contributed by atoms with Crippen LogP contribution in [0.4, 0.5) is 13.2 Å². The summed E-state index contributed by atoms with van der Waals surface area (Å²) in [6, 6.07) is 4.93. The lowest BCUT2D eigenvalue weighted by Gasteiger charge is -2.21. The van der Waals surface area contributed by atoms with Crippen molar-refractivity contribution in [1.82, 2.24) is 19.9 Å². The van der Waals surface area contributed by atoms with Gasteiger partial charge in [0.2, 0.25) is 5.91 Å². The lowest BCUT2D eigenvalue weighted by molar-refractivity contribution is -0.137. The standard InChI is InChI=1S/C16H17F3N4O2S/c1-25-7-6-23-14(24)10-26-15(23)13-9-22(21-20-13)8-11-2-4-12(5-3-11)16(17,18)19/h2-5,9,15H,6-8,10H2,1H3/t15-/m0/s1. The summed E-state index contributed by atoms with van der Waals surface area (Å²) in [5.74, 6) is 0.398. The summed E-state index contributed by atoms with van der Waals surface area (Å²) in [5.41, 5.74) is 0.639. The summed E-state index contributed by atoms with van der Waals surface area (Å²) in [6.07, 6.45) is -2.63. The highest BCUT2D eigenvalue weighted by Gasteiger charge is 2.34. The molecule has 2 aromatic rings. The van der Waals surface area contributed by atoms with Crippen molar-refractivity contribution in [1.29, 1.82) is 0 Å². The maximum Gasteiger partial charge on any atom is 0.416 e. The maximum absolute atomic E-state index is 12.6. The van der Waals surface area contributed by atoms with Crippen molar-refractivity contribution in [2.75, 3.05) is 26.0 Å². The normalized spacial score (nSPS) is 17.9. The Morgan fingerprint density at radius 2 is 2.04 bits per heavy atom. The van der Waals surface area contributed by atoms with Crippen molar-refractivity contribution in [2.24, 2.45) is 0 Å². The molecular formula is C16H17F3N4O2S. The molecule has 1 aromatic carbocycles. The fraction of sp³-hybridized carbons (Fsp3) is 0.438. The van der Waals surface area contributed by atoms with E-state index in [2.05, 4.69) is 10.3 Å². The molecule has 10 heteroatoms. The van der Waals surface area contributed by atoms with Crippen molar-refractivity contribution in [3.8, 4) is 0 Å². The number of thioether (sulfide) groups is 1. The Balaban J connectivity index is 1.69. The first-order valence-electron chi connectivity index (χ1n) is 7.84. The van der Waals surface area contributed by atoms with Crippen LogP contribution >= 0.6 is 11.8 Å². The molecule has 1 amide bonds. The van der Waals surface area contributed by atoms with E-state index in [0.717, 1.165) is 12.1 Å². The van der Waals surface area contributed by atoms with Crippen LogP contribution in [0.2, 0.25) is 0 Å². The number of nitrogens with zero attached hydrogens (tertiary/aromatic N) is 4. The van der Waals surface area contributed by atoms with Crippen LogP contribution in [-0.2, 0) is 22.3 Å². The molecule has 1 fully saturated rings. The van der Waals surface area contributed by atoms with Gasteiger partial charge in [-0.3, -0.25) is 4.79 Å². The summed E-state index contributed by atoms with van der Waals surface area (Å²) in [5, 5.41) is 7.93. The average Bonchev–Trinajstić information content (AvgIpc) is 3.19. The summed E-state index contributed by atoms with van der Waals surface area (Å²) >= 11 is 1.47. The van der Waals surface area contributed by atoms with E-state index in [0.29, 0.717) is 36.7 Å². The monoisotopic (exact) mass is 386 g/mol. The van der Waals surface area contributed by atoms with Gasteiger partial charge in [0.25, 0.3) is 0 Å². The predicted molar refractivity (Wildman–Crippen MR) is 89.4 cm³/mol. The molecule has 1 aromatic heterocycles. The SMILES string of the molecule is COCCN1C(=O)CS[C@H]1c1cn(Cc2ccc(C(F)(F)F)cc2)nn1. The summed E-state index contributed by atoms with van der Waals surface area (Å²) in [6.45, 7) is 1.20. The number of alkyl halides is 3. The Morgan fingerprint density at radius 3 is 2.69 bits per heavy atom. The molecule has 0 radical (unpaired) electrons. The van der Waals surface area contributed by atoms with Gasteiger partial charge in [0.05, 0.1) is 30.7 Å². The second-order valence-electron chi connectivity index (χ2n) is 5.78. The molecule has 0 aliphatic carbocycles. The molecular weight excluding hydrogens is 369 g/mol. The quantitative estimate of drug-likeness (QED) is 0.764. The number of carbonyl (C=O) groups is 1. The Labute approximate surface area is 152 Å². The number of halogens is 3. The topological polar surface area (TPSA) is 60.2 Å². The third-order valence-electron chi connectivity index (χ3n) is 3.94. The molecule has 3 rings (SSSR count). The number of carbonyl (C=O) groups excluding carboxylic acids is 1. The Hall–Kier alpha value is -2.07. The second-order valence-corrected chi connectivity index (χ2v) is 6.85. The Bertz CT molecular complexity index is 764. The smallest absolute Gasteiger partial charge is 0.383 e. The van der Waals surface area contributed by atoms with Gasteiger partial charge in [0, 0.05) is 13.7 Å². The number of hydrogen-bond donors (Lipinski definition) is 0. The molecule has 0 spiro atoms. The number of amides is 1. The lowest BCUT2D eigenvalue weighted by Crippen LogP contribution is -2.31. The molecule has 0 saturated carbocycles. The van der Waals surface area contributed by atoms with E-state index in [-0.39, 0.29) is 11.3 Å². The molecule has 1 saturated heterocycles. The predicted octanol–water partition coefficient (Wildman–Crippen LogP) is 2.57. The molecule has 0 N–H and O–H groups in total. The zero-order chi connectivity index (χ0) is 18.7. The van der Waals surface area contributed by atoms with Gasteiger partial charge in [-0.15, -0.1) is 16.9 Å². The Kier molecular flexibility index (Phi) is 5.52. The molecule has 1 atom stereocenters. The minimum atomic E-state index is -4.35. The minimum Gasteiger partial charge on any atom is -0.383 e. The number of benzene rings is 1. The zero-order valence-electron chi connectivity index (χ0n) is 13.9. The van der Waals surface area contributed by atoms with Crippen LogP contribution in [0.1, 0.15) is 22.2 Å². The fourth-order valence-electron chi connectivity index (χ4n) is 2.62. The summed E-state index contributed by atoms with van der Waals surface area (Å²) in [7, 11) is 1.57. The zero-order valence-corrected chi connectivity index (χ0v) is 14.8. The van der Waals surface area contributed by atoms with Gasteiger partial charge < -0.3 is 9.64 Å². The van der Waals surface area contributed by atoms with Gasteiger partial charge in [0.1, 0.15) is 11.1 Å². The lowest BCUT2D eigenvalue weighted by atomic mass is 10.1. The minimum absolute atomic E-state index is 0.0225. The number of ether oxygens (including phenoxy) is 1. The molecule has 0 unspecified atom stereocenters. The van der Waals surface area contributed by atoms with Crippen LogP contribution in [0.25, 0.3) is 0 Å². The number of hydrogen-bond acceptors (Lipinski definition) is 5. The fourth-order valence-corrected chi connectivity index (χ4v) is 3.77. The maximum atomic E-state index is 12.6. The van der Waals surface area contributed by atoms with Crippen molar-refractivity contribution < 1.29 is 22.7 Å². The highest BCUT2D eigenvalue weighted by molar-refractivity contribution is 8.00. The van der Waals surface area contributed by atoms with Crippen LogP contribution in [0.5, 0.6) is 0 Å². The van der Waals surface area contributed by atoms with Crippen molar-refractivity contribution in [3.05, 3.63) is 47.3 Å². The highest BCUT2D eigenvalue weighted by atomic mass is 32.2. The first kappa shape index (κ1) is 18.7. The van der Waals surface area contributed by atoms with Crippen LogP contribution in [0, 0.1) is 0 Å². The number of rotatable bonds is 6. The van der Waals surface area contributed by atoms with E-state index in [1.807, 2.05) is 0 Å². The summed E-state index contributed by atoms with van der Waals surface area (Å²) in [4.78, 5) is 13.7. The summed E-state index contributed by atoms with van der Waals surface area (Å²) < 4.78 is 44.4. The van der Waals surface area contributed by atoms with Crippen molar-refractivity contribution in [3.63, 3.8) is 0 Å². The van der Waals surface area contributed by atoms with E-state index >= 15 is 0 Å². The number of methoxy groups -OCH3 is 1. The van der Waals surface area contributed by atoms with Gasteiger partial charge in [-0.05, 0) is 17.7 Å². The molecule has 0 bridgehead atoms. The van der Waals surface area contributed by atoms with E-state index in [4.69, 9.17) is 4.74 Å². The van der Waals surface area contributed by atoms with E-state index in [9.17, 15) is 18.0 Å². The van der Waals surface area contributed by atoms with E-state index in [1.165, 1.54) is 23.9 Å². The van der Waals surface area contributed by atoms with Gasteiger partial charge in [-0.25, -0.2) is 4.68 Å². The third kappa shape index (κ3) is 4.18.